The van der Waals surface area contributed by atoms with Gasteiger partial charge in [0.1, 0.15) is 18.3 Å². The second-order valence-corrected chi connectivity index (χ2v) is 8.79. The van der Waals surface area contributed by atoms with Crippen LogP contribution in [0.3, 0.4) is 0 Å². The van der Waals surface area contributed by atoms with Crippen LogP contribution >= 0.6 is 0 Å². The number of rotatable bonds is 9. The Morgan fingerprint density at radius 2 is 1.64 bits per heavy atom. The van der Waals surface area contributed by atoms with Crippen LogP contribution in [0.1, 0.15) is 31.4 Å². The van der Waals surface area contributed by atoms with E-state index in [1.54, 1.807) is 13.8 Å². The molecule has 2 saturated heterocycles. The molecule has 1 N–H and O–H groups in total. The molecule has 33 heavy (non-hydrogen) atoms. The number of hydrogen-bond donors (Lipinski definition) is 1. The Morgan fingerprint density at radius 1 is 1.03 bits per heavy atom. The number of aliphatic carboxylic acids is 1. The molecular weight excluding hydrogens is 431 g/mol. The number of ether oxygens (including phenoxy) is 5. The van der Waals surface area contributed by atoms with Gasteiger partial charge in [0.25, 0.3) is 0 Å². The quantitative estimate of drug-likeness (QED) is 0.609. The minimum absolute atomic E-state index is 0.0507. The second kappa shape index (κ2) is 9.87. The fraction of sp³-hybridized carbons (Fsp3) is 0.480. The molecule has 0 saturated carbocycles. The van der Waals surface area contributed by atoms with Crippen LogP contribution in [0.15, 0.2) is 60.7 Å². The number of carboxylic acid groups (broad SMARTS) is 1. The van der Waals surface area contributed by atoms with E-state index in [0.717, 1.165) is 11.1 Å². The van der Waals surface area contributed by atoms with Crippen molar-refractivity contribution in [1.29, 1.82) is 0 Å². The number of benzene rings is 2. The van der Waals surface area contributed by atoms with Crippen molar-refractivity contribution >= 4 is 5.97 Å². The fourth-order valence-corrected chi connectivity index (χ4v) is 4.20. The van der Waals surface area contributed by atoms with Crippen molar-refractivity contribution in [2.45, 2.75) is 69.5 Å². The van der Waals surface area contributed by atoms with Crippen LogP contribution in [0.25, 0.3) is 0 Å². The average Bonchev–Trinajstić information content (AvgIpc) is 3.10. The molecule has 2 aromatic carbocycles. The number of halogens is 1. The highest BCUT2D eigenvalue weighted by Crippen LogP contribution is 2.43. The SMILES string of the molecule is CC1(C)O[C@H]2[C@@H]([C@@H](COCc3ccccc3)OCc3ccccc3)O[C@@](F)(C(=O)O)C[C@H]2O1. The molecule has 0 radical (unpaired) electrons. The zero-order valence-electron chi connectivity index (χ0n) is 18.7. The van der Waals surface area contributed by atoms with E-state index in [4.69, 9.17) is 23.7 Å². The van der Waals surface area contributed by atoms with E-state index in [-0.39, 0.29) is 13.2 Å². The standard InChI is InChI=1S/C25H29FO7/c1-24(2)31-19-13-25(26,23(27)28)33-22(21(19)32-24)20(30-15-18-11-7-4-8-12-18)16-29-14-17-9-5-3-6-10-17/h3-12,19-22H,13-16H2,1-2H3,(H,27,28)/t19-,20-,21-,22-,25-/m1/s1. The predicted molar refractivity (Wildman–Crippen MR) is 116 cm³/mol. The summed E-state index contributed by atoms with van der Waals surface area (Å²) in [6, 6.07) is 19.1. The normalized spacial score (nSPS) is 29.4. The molecule has 0 amide bonds. The van der Waals surface area contributed by atoms with Gasteiger partial charge in [-0.05, 0) is 25.0 Å². The highest BCUT2D eigenvalue weighted by molar-refractivity contribution is 5.75. The first-order chi connectivity index (χ1) is 15.8. The van der Waals surface area contributed by atoms with Crippen LogP contribution < -0.4 is 0 Å². The van der Waals surface area contributed by atoms with Gasteiger partial charge in [0.05, 0.1) is 25.9 Å². The zero-order chi connectivity index (χ0) is 23.5. The minimum Gasteiger partial charge on any atom is -0.477 e. The Balaban J connectivity index is 1.54. The maximum atomic E-state index is 15.3. The highest BCUT2D eigenvalue weighted by Gasteiger charge is 2.60. The molecule has 2 aliphatic rings. The van der Waals surface area contributed by atoms with Crippen molar-refractivity contribution in [2.24, 2.45) is 0 Å². The molecule has 7 nitrogen and oxygen atoms in total. The lowest BCUT2D eigenvalue weighted by Crippen LogP contribution is -2.59. The van der Waals surface area contributed by atoms with E-state index in [2.05, 4.69) is 0 Å². The lowest BCUT2D eigenvalue weighted by molar-refractivity contribution is -0.275. The van der Waals surface area contributed by atoms with Crippen molar-refractivity contribution in [1.82, 2.24) is 0 Å². The van der Waals surface area contributed by atoms with Gasteiger partial charge in [0.2, 0.25) is 0 Å². The zero-order valence-corrected chi connectivity index (χ0v) is 18.7. The van der Waals surface area contributed by atoms with Gasteiger partial charge >= 0.3 is 11.8 Å². The molecule has 8 heteroatoms. The minimum atomic E-state index is -2.91. The van der Waals surface area contributed by atoms with E-state index < -0.39 is 48.4 Å². The van der Waals surface area contributed by atoms with E-state index in [1.165, 1.54) is 0 Å². The molecule has 2 heterocycles. The summed E-state index contributed by atoms with van der Waals surface area (Å²) in [4.78, 5) is 11.7. The summed E-state index contributed by atoms with van der Waals surface area (Å²) in [6.07, 6.45) is -3.82. The first-order valence-corrected chi connectivity index (χ1v) is 11.0. The van der Waals surface area contributed by atoms with Crippen molar-refractivity contribution in [2.75, 3.05) is 6.61 Å². The van der Waals surface area contributed by atoms with Crippen LogP contribution in [-0.4, -0.2) is 53.7 Å². The van der Waals surface area contributed by atoms with Gasteiger partial charge in [-0.1, -0.05) is 60.7 Å². The number of alkyl halides is 1. The fourth-order valence-electron chi connectivity index (χ4n) is 4.20. The van der Waals surface area contributed by atoms with Gasteiger partial charge in [-0.3, -0.25) is 0 Å². The smallest absolute Gasteiger partial charge is 0.369 e. The number of hydrogen-bond acceptors (Lipinski definition) is 6. The molecule has 5 atom stereocenters. The Kier molecular flexibility index (Phi) is 7.11. The van der Waals surface area contributed by atoms with Gasteiger partial charge in [-0.25, -0.2) is 4.79 Å². The average molecular weight is 460 g/mol. The topological polar surface area (TPSA) is 83.5 Å². The van der Waals surface area contributed by atoms with E-state index in [0.29, 0.717) is 6.61 Å². The monoisotopic (exact) mass is 460 g/mol. The van der Waals surface area contributed by atoms with Crippen LogP contribution in [0.4, 0.5) is 4.39 Å². The molecule has 4 rings (SSSR count). The van der Waals surface area contributed by atoms with Gasteiger partial charge in [0, 0.05) is 6.42 Å². The third-order valence-corrected chi connectivity index (χ3v) is 5.72. The van der Waals surface area contributed by atoms with Crippen LogP contribution in [0.5, 0.6) is 0 Å². The summed E-state index contributed by atoms with van der Waals surface area (Å²) in [5, 5.41) is 9.51. The van der Waals surface area contributed by atoms with Crippen LogP contribution in [0.2, 0.25) is 0 Å². The van der Waals surface area contributed by atoms with Crippen molar-refractivity contribution in [3.63, 3.8) is 0 Å². The molecule has 178 valence electrons. The molecule has 0 bridgehead atoms. The number of carbonyl (C=O) groups is 1. The lowest BCUT2D eigenvalue weighted by Gasteiger charge is -2.41. The Bertz CT molecular complexity index is 923. The Morgan fingerprint density at radius 3 is 2.24 bits per heavy atom. The van der Waals surface area contributed by atoms with Crippen molar-refractivity contribution in [3.8, 4) is 0 Å². The third-order valence-electron chi connectivity index (χ3n) is 5.72. The summed E-state index contributed by atoms with van der Waals surface area (Å²) in [7, 11) is 0. The summed E-state index contributed by atoms with van der Waals surface area (Å²) in [5.74, 6) is -5.62. The summed E-state index contributed by atoms with van der Waals surface area (Å²) in [5.41, 5.74) is 1.88. The largest absolute Gasteiger partial charge is 0.477 e. The molecule has 0 aromatic heterocycles. The molecular formula is C25H29FO7. The number of carboxylic acids is 1. The first-order valence-electron chi connectivity index (χ1n) is 11.0. The van der Waals surface area contributed by atoms with Gasteiger partial charge in [-0.2, -0.15) is 4.39 Å². The van der Waals surface area contributed by atoms with Gasteiger partial charge in [-0.15, -0.1) is 0 Å². The maximum Gasteiger partial charge on any atom is 0.369 e. The van der Waals surface area contributed by atoms with Crippen LogP contribution in [-0.2, 0) is 41.7 Å². The lowest BCUT2D eigenvalue weighted by atomic mass is 9.93. The number of fused-ring (bicyclic) bond motifs is 1. The predicted octanol–water partition coefficient (Wildman–Crippen LogP) is 3.85. The highest BCUT2D eigenvalue weighted by atomic mass is 19.2. The molecule has 0 unspecified atom stereocenters. The Hall–Kier alpha value is -2.36. The molecule has 2 aliphatic heterocycles. The summed E-state index contributed by atoms with van der Waals surface area (Å²) >= 11 is 0. The van der Waals surface area contributed by atoms with E-state index in [9.17, 15) is 9.90 Å². The molecule has 0 aliphatic carbocycles. The van der Waals surface area contributed by atoms with Crippen LogP contribution in [0, 0.1) is 0 Å². The van der Waals surface area contributed by atoms with Gasteiger partial charge in [0.15, 0.2) is 5.79 Å². The van der Waals surface area contributed by atoms with Gasteiger partial charge < -0.3 is 28.8 Å². The maximum absolute atomic E-state index is 15.3. The molecule has 0 spiro atoms. The third kappa shape index (κ3) is 5.77. The first kappa shape index (κ1) is 23.8. The summed E-state index contributed by atoms with van der Waals surface area (Å²) in [6.45, 7) is 3.99. The van der Waals surface area contributed by atoms with Crippen molar-refractivity contribution in [3.05, 3.63) is 71.8 Å². The van der Waals surface area contributed by atoms with E-state index >= 15 is 4.39 Å². The molecule has 2 fully saturated rings. The molecule has 2 aromatic rings. The van der Waals surface area contributed by atoms with Crippen molar-refractivity contribution < 1.29 is 38.0 Å². The Labute approximate surface area is 192 Å². The summed E-state index contributed by atoms with van der Waals surface area (Å²) < 4.78 is 44.6. The van der Waals surface area contributed by atoms with E-state index in [1.807, 2.05) is 60.7 Å². The second-order valence-electron chi connectivity index (χ2n) is 8.79.